The van der Waals surface area contributed by atoms with Crippen LogP contribution in [0.25, 0.3) is 12.2 Å². The Hall–Kier alpha value is -2.87. The van der Waals surface area contributed by atoms with Gasteiger partial charge >= 0.3 is 5.97 Å². The quantitative estimate of drug-likeness (QED) is 0.507. The summed E-state index contributed by atoms with van der Waals surface area (Å²) in [7, 11) is 0. The predicted molar refractivity (Wildman–Crippen MR) is 112 cm³/mol. The number of hydrogen-bond donors (Lipinski definition) is 1. The highest BCUT2D eigenvalue weighted by Gasteiger charge is 2.20. The standard InChI is InChI=1S/C16H20O2.C8H8/c1-12(15(17)18)14(16(2,3)4)11-10-13-8-6-5-7-9-13;1-2-8-6-4-3-5-7-8/h5-11H,1-4H3,(H,17,18);2-7H,1H2. The van der Waals surface area contributed by atoms with Gasteiger partial charge in [-0.1, -0.05) is 106 Å². The maximum Gasteiger partial charge on any atom is 0.331 e. The summed E-state index contributed by atoms with van der Waals surface area (Å²) in [5.74, 6) is -0.863. The third-order valence-electron chi connectivity index (χ3n) is 3.81. The first-order valence-corrected chi connectivity index (χ1v) is 8.61. The highest BCUT2D eigenvalue weighted by atomic mass is 16.4. The van der Waals surface area contributed by atoms with Crippen molar-refractivity contribution in [3.63, 3.8) is 0 Å². The van der Waals surface area contributed by atoms with E-state index >= 15 is 0 Å². The van der Waals surface area contributed by atoms with Gasteiger partial charge in [-0.25, -0.2) is 4.79 Å². The summed E-state index contributed by atoms with van der Waals surface area (Å²) in [6.07, 6.45) is 5.69. The zero-order valence-electron chi connectivity index (χ0n) is 16.1. The van der Waals surface area contributed by atoms with Gasteiger partial charge in [-0.3, -0.25) is 0 Å². The van der Waals surface area contributed by atoms with Crippen LogP contribution in [0.5, 0.6) is 0 Å². The van der Waals surface area contributed by atoms with Crippen LogP contribution in [0.1, 0.15) is 38.8 Å². The normalized spacial score (nSPS) is 12.0. The van der Waals surface area contributed by atoms with Gasteiger partial charge in [0.15, 0.2) is 0 Å². The van der Waals surface area contributed by atoms with E-state index < -0.39 is 5.97 Å². The van der Waals surface area contributed by atoms with Crippen molar-refractivity contribution in [1.29, 1.82) is 0 Å². The average Bonchev–Trinajstić information content (AvgIpc) is 2.62. The smallest absolute Gasteiger partial charge is 0.331 e. The number of allylic oxidation sites excluding steroid dienone is 2. The molecule has 0 aliphatic rings. The van der Waals surface area contributed by atoms with Gasteiger partial charge in [0, 0.05) is 5.57 Å². The monoisotopic (exact) mass is 348 g/mol. The van der Waals surface area contributed by atoms with Gasteiger partial charge in [-0.05, 0) is 29.0 Å². The molecule has 2 aromatic carbocycles. The van der Waals surface area contributed by atoms with Crippen LogP contribution in [0, 0.1) is 5.41 Å². The Morgan fingerprint density at radius 3 is 1.73 bits per heavy atom. The van der Waals surface area contributed by atoms with E-state index in [1.165, 1.54) is 5.56 Å². The van der Waals surface area contributed by atoms with E-state index in [0.29, 0.717) is 5.57 Å². The molecule has 0 amide bonds. The molecule has 0 saturated heterocycles. The summed E-state index contributed by atoms with van der Waals surface area (Å²) in [6.45, 7) is 11.3. The van der Waals surface area contributed by atoms with Crippen LogP contribution in [0.2, 0.25) is 0 Å². The molecule has 0 aromatic heterocycles. The fraction of sp³-hybridized carbons (Fsp3) is 0.208. The molecule has 0 fully saturated rings. The molecule has 0 aliphatic carbocycles. The molecule has 136 valence electrons. The van der Waals surface area contributed by atoms with Crippen molar-refractivity contribution in [3.05, 3.63) is 95.6 Å². The highest BCUT2D eigenvalue weighted by molar-refractivity contribution is 5.88. The molecule has 2 heteroatoms. The molecule has 26 heavy (non-hydrogen) atoms. The summed E-state index contributed by atoms with van der Waals surface area (Å²) in [6, 6.07) is 19.9. The van der Waals surface area contributed by atoms with Crippen molar-refractivity contribution in [1.82, 2.24) is 0 Å². The van der Waals surface area contributed by atoms with Crippen molar-refractivity contribution < 1.29 is 9.90 Å². The molecule has 0 heterocycles. The fourth-order valence-corrected chi connectivity index (χ4v) is 2.39. The van der Waals surface area contributed by atoms with Crippen LogP contribution >= 0.6 is 0 Å². The second-order valence-electron chi connectivity index (χ2n) is 6.95. The van der Waals surface area contributed by atoms with Crippen LogP contribution in [0.15, 0.2) is 84.5 Å². The van der Waals surface area contributed by atoms with Crippen LogP contribution in [-0.2, 0) is 4.79 Å². The number of rotatable bonds is 4. The van der Waals surface area contributed by atoms with Crippen LogP contribution in [0.3, 0.4) is 0 Å². The topological polar surface area (TPSA) is 37.3 Å². The van der Waals surface area contributed by atoms with E-state index in [9.17, 15) is 4.79 Å². The summed E-state index contributed by atoms with van der Waals surface area (Å²) >= 11 is 0. The molecule has 0 aliphatic heterocycles. The van der Waals surface area contributed by atoms with E-state index in [4.69, 9.17) is 5.11 Å². The minimum atomic E-state index is -0.863. The lowest BCUT2D eigenvalue weighted by atomic mass is 9.83. The minimum Gasteiger partial charge on any atom is -0.478 e. The molecule has 2 aromatic rings. The van der Waals surface area contributed by atoms with Crippen molar-refractivity contribution in [2.45, 2.75) is 27.7 Å². The fourth-order valence-electron chi connectivity index (χ4n) is 2.39. The Bertz CT molecular complexity index is 761. The molecule has 2 nitrogen and oxygen atoms in total. The van der Waals surface area contributed by atoms with Gasteiger partial charge in [0.25, 0.3) is 0 Å². The molecular weight excluding hydrogens is 320 g/mol. The lowest BCUT2D eigenvalue weighted by Crippen LogP contribution is -2.13. The van der Waals surface area contributed by atoms with Crippen molar-refractivity contribution in [2.75, 3.05) is 0 Å². The average molecular weight is 348 g/mol. The number of hydrogen-bond acceptors (Lipinski definition) is 1. The van der Waals surface area contributed by atoms with Crippen LogP contribution in [0.4, 0.5) is 0 Å². The molecule has 0 atom stereocenters. The van der Waals surface area contributed by atoms with Crippen LogP contribution in [-0.4, -0.2) is 11.1 Å². The summed E-state index contributed by atoms with van der Waals surface area (Å²) < 4.78 is 0. The number of carboxylic acid groups (broad SMARTS) is 1. The Labute approximate surface area is 157 Å². The molecule has 0 spiro atoms. The molecule has 0 bridgehead atoms. The van der Waals surface area contributed by atoms with E-state index in [1.807, 2.05) is 99.7 Å². The molecular formula is C24H28O2. The zero-order chi connectivity index (χ0) is 19.6. The Kier molecular flexibility index (Phi) is 8.30. The first-order valence-electron chi connectivity index (χ1n) is 8.61. The third-order valence-corrected chi connectivity index (χ3v) is 3.81. The summed E-state index contributed by atoms with van der Waals surface area (Å²) in [5, 5.41) is 9.12. The van der Waals surface area contributed by atoms with Crippen molar-refractivity contribution >= 4 is 18.1 Å². The Morgan fingerprint density at radius 1 is 0.923 bits per heavy atom. The van der Waals surface area contributed by atoms with Crippen molar-refractivity contribution in [3.8, 4) is 0 Å². The molecule has 1 N–H and O–H groups in total. The number of benzene rings is 2. The molecule has 0 unspecified atom stereocenters. The number of aliphatic carboxylic acids is 1. The third kappa shape index (κ3) is 7.35. The van der Waals surface area contributed by atoms with Gasteiger partial charge in [0.1, 0.15) is 0 Å². The van der Waals surface area contributed by atoms with E-state index in [2.05, 4.69) is 6.58 Å². The van der Waals surface area contributed by atoms with E-state index in [1.54, 1.807) is 6.92 Å². The number of carboxylic acids is 1. The Morgan fingerprint density at radius 2 is 1.38 bits per heavy atom. The maximum atomic E-state index is 11.1. The largest absolute Gasteiger partial charge is 0.478 e. The second kappa shape index (κ2) is 10.2. The zero-order valence-corrected chi connectivity index (χ0v) is 16.1. The van der Waals surface area contributed by atoms with Gasteiger partial charge in [-0.2, -0.15) is 0 Å². The summed E-state index contributed by atoms with van der Waals surface area (Å²) in [4.78, 5) is 11.1. The maximum absolute atomic E-state index is 11.1. The van der Waals surface area contributed by atoms with Gasteiger partial charge in [-0.15, -0.1) is 0 Å². The van der Waals surface area contributed by atoms with E-state index in [-0.39, 0.29) is 5.41 Å². The van der Waals surface area contributed by atoms with Gasteiger partial charge < -0.3 is 5.11 Å². The second-order valence-corrected chi connectivity index (χ2v) is 6.95. The predicted octanol–water partition coefficient (Wildman–Crippen LogP) is 6.48. The Balaban J connectivity index is 0.000000350. The number of carbonyl (C=O) groups is 1. The lowest BCUT2D eigenvalue weighted by molar-refractivity contribution is -0.132. The SMILES string of the molecule is C=Cc1ccccc1.CC(C(=O)O)=C(C=Cc1ccccc1)C(C)(C)C. The van der Waals surface area contributed by atoms with E-state index in [0.717, 1.165) is 11.1 Å². The van der Waals surface area contributed by atoms with Gasteiger partial charge in [0.2, 0.25) is 0 Å². The first-order chi connectivity index (χ1) is 12.3. The highest BCUT2D eigenvalue weighted by Crippen LogP contribution is 2.29. The van der Waals surface area contributed by atoms with Gasteiger partial charge in [0.05, 0.1) is 0 Å². The minimum absolute atomic E-state index is 0.187. The molecule has 0 radical (unpaired) electrons. The molecule has 2 rings (SSSR count). The lowest BCUT2D eigenvalue weighted by Gasteiger charge is -2.22. The van der Waals surface area contributed by atoms with Crippen molar-refractivity contribution in [2.24, 2.45) is 5.41 Å². The first kappa shape index (κ1) is 21.2. The molecule has 0 saturated carbocycles. The summed E-state index contributed by atoms with van der Waals surface area (Å²) in [5.41, 5.74) is 3.30. The van der Waals surface area contributed by atoms with Crippen LogP contribution < -0.4 is 0 Å².